The Hall–Kier alpha value is -2.75. The molecule has 1 N–H and O–H groups in total. The van der Waals surface area contributed by atoms with Crippen molar-refractivity contribution in [1.29, 1.82) is 0 Å². The molecule has 124 valence electrons. The number of aliphatic carboxylic acids is 1. The lowest BCUT2D eigenvalue weighted by atomic mass is 9.94. The van der Waals surface area contributed by atoms with Crippen LogP contribution in [-0.2, 0) is 11.2 Å². The number of allylic oxidation sites excluding steroid dienone is 1. The first kappa shape index (κ1) is 16.1. The zero-order valence-corrected chi connectivity index (χ0v) is 13.8. The van der Waals surface area contributed by atoms with Crippen molar-refractivity contribution >= 4 is 5.97 Å². The molecule has 0 spiro atoms. The largest absolute Gasteiger partial charge is 0.478 e. The fraction of sp³-hybridized carbons (Fsp3) is 0.250. The second-order valence-corrected chi connectivity index (χ2v) is 6.15. The van der Waals surface area contributed by atoms with Gasteiger partial charge < -0.3 is 14.6 Å². The van der Waals surface area contributed by atoms with Crippen LogP contribution in [-0.4, -0.2) is 17.9 Å². The van der Waals surface area contributed by atoms with Crippen LogP contribution in [0.2, 0.25) is 0 Å². The molecule has 0 amide bonds. The minimum Gasteiger partial charge on any atom is -0.478 e. The number of carbonyl (C=O) groups is 1. The first-order valence-electron chi connectivity index (χ1n) is 7.95. The molecule has 1 heterocycles. The van der Waals surface area contributed by atoms with Crippen molar-refractivity contribution in [2.75, 3.05) is 6.79 Å². The Balaban J connectivity index is 1.79. The topological polar surface area (TPSA) is 55.8 Å². The van der Waals surface area contributed by atoms with E-state index in [0.717, 1.165) is 33.8 Å². The number of carboxylic acids is 1. The van der Waals surface area contributed by atoms with Gasteiger partial charge in [0.15, 0.2) is 11.5 Å². The first-order chi connectivity index (χ1) is 11.5. The van der Waals surface area contributed by atoms with Gasteiger partial charge in [0.25, 0.3) is 0 Å². The zero-order chi connectivity index (χ0) is 17.1. The molecule has 0 aliphatic carbocycles. The van der Waals surface area contributed by atoms with Crippen LogP contribution in [0.25, 0.3) is 11.1 Å². The molecule has 4 heteroatoms. The van der Waals surface area contributed by atoms with E-state index in [2.05, 4.69) is 0 Å². The Morgan fingerprint density at radius 3 is 2.42 bits per heavy atom. The van der Waals surface area contributed by atoms with Crippen molar-refractivity contribution in [3.8, 4) is 22.6 Å². The van der Waals surface area contributed by atoms with Gasteiger partial charge in [0, 0.05) is 6.08 Å². The third kappa shape index (κ3) is 3.59. The smallest absolute Gasteiger partial charge is 0.328 e. The normalized spacial score (nSPS) is 13.4. The average Bonchev–Trinajstić information content (AvgIpc) is 3.02. The van der Waals surface area contributed by atoms with Gasteiger partial charge in [-0.15, -0.1) is 0 Å². The third-order valence-electron chi connectivity index (χ3n) is 4.12. The number of benzene rings is 2. The molecule has 4 nitrogen and oxygen atoms in total. The predicted octanol–water partition coefficient (Wildman–Crippen LogP) is 4.29. The Labute approximate surface area is 141 Å². The first-order valence-corrected chi connectivity index (χ1v) is 7.95. The maximum atomic E-state index is 10.9. The van der Waals surface area contributed by atoms with Crippen LogP contribution in [0.3, 0.4) is 0 Å². The van der Waals surface area contributed by atoms with Gasteiger partial charge >= 0.3 is 5.97 Å². The highest BCUT2D eigenvalue weighted by Gasteiger charge is 2.14. The molecule has 1 aliphatic heterocycles. The number of hydrogen-bond donors (Lipinski definition) is 1. The van der Waals surface area contributed by atoms with Crippen molar-refractivity contribution in [1.82, 2.24) is 0 Å². The van der Waals surface area contributed by atoms with Crippen molar-refractivity contribution in [3.63, 3.8) is 0 Å². The molecule has 0 radical (unpaired) electrons. The minimum atomic E-state index is -0.893. The lowest BCUT2D eigenvalue weighted by molar-refractivity contribution is -0.131. The quantitative estimate of drug-likeness (QED) is 0.834. The summed E-state index contributed by atoms with van der Waals surface area (Å²) in [5.74, 6) is 0.851. The Morgan fingerprint density at radius 2 is 1.75 bits per heavy atom. The molecule has 0 aromatic heterocycles. The lowest BCUT2D eigenvalue weighted by Gasteiger charge is -2.11. The second kappa shape index (κ2) is 6.79. The van der Waals surface area contributed by atoms with E-state index < -0.39 is 5.97 Å². The Morgan fingerprint density at radius 1 is 1.08 bits per heavy atom. The summed E-state index contributed by atoms with van der Waals surface area (Å²) in [5, 5.41) is 8.98. The monoisotopic (exact) mass is 324 g/mol. The molecule has 3 rings (SSSR count). The fourth-order valence-corrected chi connectivity index (χ4v) is 2.71. The predicted molar refractivity (Wildman–Crippen MR) is 92.3 cm³/mol. The zero-order valence-electron chi connectivity index (χ0n) is 13.8. The van der Waals surface area contributed by atoms with Crippen LogP contribution in [0.5, 0.6) is 11.5 Å². The maximum Gasteiger partial charge on any atom is 0.328 e. The van der Waals surface area contributed by atoms with Gasteiger partial charge in [-0.05, 0) is 41.2 Å². The van der Waals surface area contributed by atoms with Gasteiger partial charge in [0.2, 0.25) is 6.79 Å². The summed E-state index contributed by atoms with van der Waals surface area (Å²) in [6.45, 7) is 4.29. The molecule has 0 bridgehead atoms. The number of ether oxygens (including phenoxy) is 2. The van der Waals surface area contributed by atoms with Gasteiger partial charge in [-0.1, -0.05) is 49.8 Å². The number of rotatable bonds is 5. The Bertz CT molecular complexity index is 773. The van der Waals surface area contributed by atoms with E-state index in [-0.39, 0.29) is 12.7 Å². The number of fused-ring (bicyclic) bond motifs is 1. The van der Waals surface area contributed by atoms with Gasteiger partial charge in [0.05, 0.1) is 0 Å². The summed E-state index contributed by atoms with van der Waals surface area (Å²) >= 11 is 0. The van der Waals surface area contributed by atoms with Gasteiger partial charge in [-0.25, -0.2) is 4.79 Å². The summed E-state index contributed by atoms with van der Waals surface area (Å²) in [4.78, 5) is 10.9. The van der Waals surface area contributed by atoms with Crippen LogP contribution in [0.15, 0.2) is 54.1 Å². The summed E-state index contributed by atoms with van der Waals surface area (Å²) < 4.78 is 10.7. The van der Waals surface area contributed by atoms with Crippen LogP contribution in [0.1, 0.15) is 19.4 Å². The van der Waals surface area contributed by atoms with Gasteiger partial charge in [-0.2, -0.15) is 0 Å². The highest BCUT2D eigenvalue weighted by atomic mass is 16.7. The van der Waals surface area contributed by atoms with Crippen LogP contribution >= 0.6 is 0 Å². The minimum absolute atomic E-state index is 0.203. The van der Waals surface area contributed by atoms with E-state index in [1.54, 1.807) is 0 Å². The SMILES string of the molecule is CC(C)/C(=C\C(=O)O)Cc1ccc(-c2ccc3c(c2)OCO3)cc1. The Kier molecular flexibility index (Phi) is 4.56. The summed E-state index contributed by atoms with van der Waals surface area (Å²) in [5.41, 5.74) is 4.17. The van der Waals surface area contributed by atoms with Crippen molar-refractivity contribution in [2.24, 2.45) is 5.92 Å². The molecular formula is C20H20O4. The van der Waals surface area contributed by atoms with Gasteiger partial charge in [0.1, 0.15) is 0 Å². The highest BCUT2D eigenvalue weighted by molar-refractivity contribution is 5.80. The summed E-state index contributed by atoms with van der Waals surface area (Å²) in [6, 6.07) is 14.1. The van der Waals surface area contributed by atoms with Gasteiger partial charge in [-0.3, -0.25) is 0 Å². The molecule has 0 unspecified atom stereocenters. The maximum absolute atomic E-state index is 10.9. The third-order valence-corrected chi connectivity index (χ3v) is 4.12. The molecule has 0 fully saturated rings. The van der Waals surface area contributed by atoms with Crippen molar-refractivity contribution in [2.45, 2.75) is 20.3 Å². The number of hydrogen-bond acceptors (Lipinski definition) is 3. The van der Waals surface area contributed by atoms with Crippen molar-refractivity contribution in [3.05, 3.63) is 59.7 Å². The lowest BCUT2D eigenvalue weighted by Crippen LogP contribution is -2.02. The van der Waals surface area contributed by atoms with E-state index in [1.165, 1.54) is 6.08 Å². The molecular weight excluding hydrogens is 304 g/mol. The van der Waals surface area contributed by atoms with Crippen molar-refractivity contribution < 1.29 is 19.4 Å². The molecule has 0 atom stereocenters. The molecule has 0 saturated carbocycles. The van der Waals surface area contributed by atoms with E-state index >= 15 is 0 Å². The molecule has 1 aliphatic rings. The summed E-state index contributed by atoms with van der Waals surface area (Å²) in [7, 11) is 0. The van der Waals surface area contributed by atoms with E-state index in [0.29, 0.717) is 6.42 Å². The average molecular weight is 324 g/mol. The van der Waals surface area contributed by atoms with E-state index in [9.17, 15) is 4.79 Å². The van der Waals surface area contributed by atoms with E-state index in [1.807, 2.05) is 56.3 Å². The van der Waals surface area contributed by atoms with E-state index in [4.69, 9.17) is 14.6 Å². The fourth-order valence-electron chi connectivity index (χ4n) is 2.71. The summed E-state index contributed by atoms with van der Waals surface area (Å²) in [6.07, 6.45) is 1.96. The molecule has 2 aromatic rings. The molecule has 24 heavy (non-hydrogen) atoms. The number of carboxylic acid groups (broad SMARTS) is 1. The highest BCUT2D eigenvalue weighted by Crippen LogP contribution is 2.36. The molecule has 0 saturated heterocycles. The standard InChI is InChI=1S/C20H20O4/c1-13(2)17(11-20(21)22)9-14-3-5-15(6-4-14)16-7-8-18-19(10-16)24-12-23-18/h3-8,10-11,13H,9,12H2,1-2H3,(H,21,22)/b17-11-. The van der Waals surface area contributed by atoms with Crippen LogP contribution in [0, 0.1) is 5.92 Å². The molecule has 2 aromatic carbocycles. The van der Waals surface area contributed by atoms with Crippen LogP contribution < -0.4 is 9.47 Å². The second-order valence-electron chi connectivity index (χ2n) is 6.15. The van der Waals surface area contributed by atoms with Crippen LogP contribution in [0.4, 0.5) is 0 Å².